The smallest absolute Gasteiger partial charge is 0.286 e. The molecule has 0 spiro atoms. The van der Waals surface area contributed by atoms with Crippen LogP contribution in [0.3, 0.4) is 0 Å². The maximum atomic E-state index is 12.2. The number of aliphatic imine (C=N–C) groups is 1. The monoisotopic (exact) mass is 403 g/mol. The van der Waals surface area contributed by atoms with E-state index in [0.717, 1.165) is 33.8 Å². The van der Waals surface area contributed by atoms with Gasteiger partial charge >= 0.3 is 0 Å². The second-order valence-corrected chi connectivity index (χ2v) is 7.40. The highest BCUT2D eigenvalue weighted by molar-refractivity contribution is 8.18. The Kier molecular flexibility index (Phi) is 5.31. The highest BCUT2D eigenvalue weighted by atomic mass is 32.2. The van der Waals surface area contributed by atoms with E-state index in [1.807, 2.05) is 42.5 Å². The van der Waals surface area contributed by atoms with Gasteiger partial charge in [0.25, 0.3) is 11.8 Å². The van der Waals surface area contributed by atoms with E-state index in [1.165, 1.54) is 0 Å². The minimum absolute atomic E-state index is 0.105. The molecule has 4 rings (SSSR count). The number of carbonyl (C=O) groups is 2. The van der Waals surface area contributed by atoms with Crippen molar-refractivity contribution in [1.29, 1.82) is 0 Å². The van der Waals surface area contributed by atoms with Gasteiger partial charge in [-0.25, -0.2) is 0 Å². The Morgan fingerprint density at radius 1 is 1.07 bits per heavy atom. The molecule has 3 aromatic carbocycles. The van der Waals surface area contributed by atoms with Crippen LogP contribution in [0.5, 0.6) is 5.75 Å². The highest BCUT2D eigenvalue weighted by Crippen LogP contribution is 2.27. The molecule has 0 fully saturated rings. The van der Waals surface area contributed by atoms with Crippen molar-refractivity contribution in [3.05, 3.63) is 77.2 Å². The standard InChI is InChI=1S/C22H17N3O3S/c23-22-25-21(27)19(29-22)11-14-5-9-18(10-6-14)28-13-20(26)24-17-8-7-15-3-1-2-4-16(15)12-17/h1-12H,13H2,(H,24,26)(H2,23,25,27)/b19-11-. The minimum atomic E-state index is -0.335. The normalized spacial score (nSPS) is 14.8. The Morgan fingerprint density at radius 2 is 1.83 bits per heavy atom. The van der Waals surface area contributed by atoms with Crippen molar-refractivity contribution in [3.8, 4) is 5.75 Å². The lowest BCUT2D eigenvalue weighted by atomic mass is 10.1. The van der Waals surface area contributed by atoms with Crippen molar-refractivity contribution in [1.82, 2.24) is 0 Å². The Morgan fingerprint density at radius 3 is 2.55 bits per heavy atom. The first-order chi connectivity index (χ1) is 14.1. The van der Waals surface area contributed by atoms with Crippen LogP contribution in [0.4, 0.5) is 5.69 Å². The molecule has 6 nitrogen and oxygen atoms in total. The zero-order chi connectivity index (χ0) is 20.2. The van der Waals surface area contributed by atoms with Gasteiger partial charge in [-0.05, 0) is 58.4 Å². The maximum Gasteiger partial charge on any atom is 0.286 e. The van der Waals surface area contributed by atoms with Gasteiger partial charge in [-0.15, -0.1) is 0 Å². The van der Waals surface area contributed by atoms with Gasteiger partial charge in [0.1, 0.15) is 5.75 Å². The average Bonchev–Trinajstić information content (AvgIpc) is 3.04. The number of hydrogen-bond acceptors (Lipinski definition) is 5. The summed E-state index contributed by atoms with van der Waals surface area (Å²) in [5.41, 5.74) is 7.08. The van der Waals surface area contributed by atoms with Crippen molar-refractivity contribution in [3.63, 3.8) is 0 Å². The number of hydrogen-bond donors (Lipinski definition) is 2. The van der Waals surface area contributed by atoms with Crippen LogP contribution < -0.4 is 15.8 Å². The number of amidine groups is 1. The number of nitrogens with zero attached hydrogens (tertiary/aromatic N) is 1. The van der Waals surface area contributed by atoms with Gasteiger partial charge in [-0.3, -0.25) is 9.59 Å². The Balaban J connectivity index is 1.33. The molecule has 2 amide bonds. The van der Waals surface area contributed by atoms with Crippen LogP contribution in [-0.4, -0.2) is 23.6 Å². The molecule has 0 saturated heterocycles. The van der Waals surface area contributed by atoms with Crippen LogP contribution in [0, 0.1) is 0 Å². The molecule has 0 atom stereocenters. The highest BCUT2D eigenvalue weighted by Gasteiger charge is 2.19. The Bertz CT molecular complexity index is 1150. The third-order valence-electron chi connectivity index (χ3n) is 4.22. The lowest BCUT2D eigenvalue weighted by Crippen LogP contribution is -2.20. The lowest BCUT2D eigenvalue weighted by molar-refractivity contribution is -0.118. The average molecular weight is 403 g/mol. The number of ether oxygens (including phenoxy) is 1. The quantitative estimate of drug-likeness (QED) is 0.632. The number of rotatable bonds is 5. The molecule has 144 valence electrons. The second-order valence-electron chi connectivity index (χ2n) is 6.33. The Labute approximate surface area is 171 Å². The second kappa shape index (κ2) is 8.20. The third-order valence-corrected chi connectivity index (χ3v) is 5.03. The molecule has 1 aliphatic rings. The number of benzene rings is 3. The molecule has 29 heavy (non-hydrogen) atoms. The molecule has 7 heteroatoms. The summed E-state index contributed by atoms with van der Waals surface area (Å²) in [5, 5.41) is 5.26. The van der Waals surface area contributed by atoms with Gasteiger partial charge in [-0.1, -0.05) is 42.5 Å². The van der Waals surface area contributed by atoms with Gasteiger partial charge < -0.3 is 15.8 Å². The number of thioether (sulfide) groups is 1. The predicted molar refractivity (Wildman–Crippen MR) is 117 cm³/mol. The zero-order valence-electron chi connectivity index (χ0n) is 15.3. The van der Waals surface area contributed by atoms with E-state index in [-0.39, 0.29) is 23.6 Å². The van der Waals surface area contributed by atoms with Crippen LogP contribution in [0.1, 0.15) is 5.56 Å². The predicted octanol–water partition coefficient (Wildman–Crippen LogP) is 3.79. The van der Waals surface area contributed by atoms with Crippen molar-refractivity contribution in [2.75, 3.05) is 11.9 Å². The summed E-state index contributed by atoms with van der Waals surface area (Å²) in [6, 6.07) is 20.8. The van der Waals surface area contributed by atoms with E-state index >= 15 is 0 Å². The van der Waals surface area contributed by atoms with Crippen LogP contribution in [0.25, 0.3) is 16.8 Å². The summed E-state index contributed by atoms with van der Waals surface area (Å²) >= 11 is 1.14. The fourth-order valence-corrected chi connectivity index (χ4v) is 3.53. The van der Waals surface area contributed by atoms with Crippen molar-refractivity contribution < 1.29 is 14.3 Å². The lowest BCUT2D eigenvalue weighted by Gasteiger charge is -2.09. The topological polar surface area (TPSA) is 93.8 Å². The van der Waals surface area contributed by atoms with Gasteiger partial charge in [0.15, 0.2) is 11.8 Å². The minimum Gasteiger partial charge on any atom is -0.484 e. The molecule has 0 aromatic heterocycles. The number of fused-ring (bicyclic) bond motifs is 1. The van der Waals surface area contributed by atoms with Crippen LogP contribution in [-0.2, 0) is 9.59 Å². The number of nitrogens with one attached hydrogen (secondary N) is 1. The molecule has 0 unspecified atom stereocenters. The summed E-state index contributed by atoms with van der Waals surface area (Å²) in [7, 11) is 0. The maximum absolute atomic E-state index is 12.2. The molecule has 0 bridgehead atoms. The number of anilines is 1. The first-order valence-corrected chi connectivity index (χ1v) is 9.68. The van der Waals surface area contributed by atoms with Crippen LogP contribution in [0.2, 0.25) is 0 Å². The molecule has 3 N–H and O–H groups in total. The van der Waals surface area contributed by atoms with Gasteiger partial charge in [0.2, 0.25) is 0 Å². The van der Waals surface area contributed by atoms with E-state index in [1.54, 1.807) is 30.3 Å². The molecule has 3 aromatic rings. The largest absolute Gasteiger partial charge is 0.484 e. The summed E-state index contributed by atoms with van der Waals surface area (Å²) in [6.07, 6.45) is 1.71. The number of carbonyl (C=O) groups excluding carboxylic acids is 2. The summed E-state index contributed by atoms with van der Waals surface area (Å²) in [6.45, 7) is -0.105. The van der Waals surface area contributed by atoms with Gasteiger partial charge in [0.05, 0.1) is 4.91 Å². The number of amides is 2. The first-order valence-electron chi connectivity index (χ1n) is 8.86. The summed E-state index contributed by atoms with van der Waals surface area (Å²) in [4.78, 5) is 27.9. The summed E-state index contributed by atoms with van der Waals surface area (Å²) in [5.74, 6) is -0.0211. The van der Waals surface area contributed by atoms with Crippen molar-refractivity contribution >= 4 is 51.3 Å². The Hall–Kier alpha value is -3.58. The van der Waals surface area contributed by atoms with Crippen molar-refractivity contribution in [2.24, 2.45) is 10.7 Å². The fourth-order valence-electron chi connectivity index (χ4n) is 2.85. The van der Waals surface area contributed by atoms with E-state index in [4.69, 9.17) is 10.5 Å². The fraction of sp³-hybridized carbons (Fsp3) is 0.0455. The molecule has 0 radical (unpaired) electrons. The van der Waals surface area contributed by atoms with E-state index < -0.39 is 0 Å². The van der Waals surface area contributed by atoms with E-state index in [9.17, 15) is 9.59 Å². The molecule has 0 aliphatic carbocycles. The van der Waals surface area contributed by atoms with Crippen molar-refractivity contribution in [2.45, 2.75) is 0 Å². The van der Waals surface area contributed by atoms with Crippen LogP contribution >= 0.6 is 11.8 Å². The zero-order valence-corrected chi connectivity index (χ0v) is 16.1. The first kappa shape index (κ1) is 18.8. The van der Waals surface area contributed by atoms with E-state index in [2.05, 4.69) is 10.3 Å². The molecular formula is C22H17N3O3S. The van der Waals surface area contributed by atoms with Gasteiger partial charge in [0, 0.05) is 5.69 Å². The third kappa shape index (κ3) is 4.64. The van der Waals surface area contributed by atoms with E-state index in [0.29, 0.717) is 10.7 Å². The molecule has 0 saturated carbocycles. The van der Waals surface area contributed by atoms with Gasteiger partial charge in [-0.2, -0.15) is 4.99 Å². The van der Waals surface area contributed by atoms with Crippen LogP contribution in [0.15, 0.2) is 76.6 Å². The molecular weight excluding hydrogens is 386 g/mol. The molecule has 1 heterocycles. The SMILES string of the molecule is NC1=NC(=O)/C(=C/c2ccc(OCC(=O)Nc3ccc4ccccc4c3)cc2)S1. The molecule has 1 aliphatic heterocycles. The number of nitrogens with two attached hydrogens (primary N) is 1. The summed E-state index contributed by atoms with van der Waals surface area (Å²) < 4.78 is 5.54.